The molecule has 1 atom stereocenters. The van der Waals surface area contributed by atoms with E-state index < -0.39 is 0 Å². The van der Waals surface area contributed by atoms with Crippen LogP contribution < -0.4 is 0 Å². The van der Waals surface area contributed by atoms with E-state index in [4.69, 9.17) is 0 Å². The number of rotatable bonds is 4. The zero-order chi connectivity index (χ0) is 19.7. The van der Waals surface area contributed by atoms with Gasteiger partial charge in [-0.2, -0.15) is 0 Å². The largest absolute Gasteiger partial charge is 0.332 e. The van der Waals surface area contributed by atoms with E-state index in [0.29, 0.717) is 12.1 Å². The maximum Gasteiger partial charge on any atom is 0.254 e. The number of carbonyl (C=O) groups is 1. The van der Waals surface area contributed by atoms with Crippen molar-refractivity contribution in [2.75, 3.05) is 6.54 Å². The Morgan fingerprint density at radius 1 is 1.29 bits per heavy atom. The fraction of sp³-hybridized carbons (Fsp3) is 0.273. The third-order valence-corrected chi connectivity index (χ3v) is 6.36. The Bertz CT molecular complexity index is 1020. The highest BCUT2D eigenvalue weighted by atomic mass is 32.2. The van der Waals surface area contributed by atoms with E-state index >= 15 is 0 Å². The molecule has 0 aliphatic carbocycles. The number of aromatic nitrogens is 2. The number of fused-ring (bicyclic) bond motifs is 1. The highest BCUT2D eigenvalue weighted by molar-refractivity contribution is 7.98. The number of hydrogen-bond acceptors (Lipinski definition) is 3. The highest BCUT2D eigenvalue weighted by Crippen LogP contribution is 2.31. The quantitative estimate of drug-likeness (QED) is 0.606. The minimum Gasteiger partial charge on any atom is -0.332 e. The maximum absolute atomic E-state index is 13.7. The third-order valence-electron chi connectivity index (χ3n) is 5.23. The molecule has 1 aliphatic rings. The van der Waals surface area contributed by atoms with Crippen molar-refractivity contribution in [2.24, 2.45) is 7.05 Å². The molecule has 1 amide bonds. The lowest BCUT2D eigenvalue weighted by Crippen LogP contribution is -2.39. The smallest absolute Gasteiger partial charge is 0.254 e. The summed E-state index contributed by atoms with van der Waals surface area (Å²) in [6.07, 6.45) is 4.45. The van der Waals surface area contributed by atoms with Gasteiger partial charge in [-0.05, 0) is 54.3 Å². The van der Waals surface area contributed by atoms with Crippen molar-refractivity contribution < 1.29 is 9.18 Å². The molecule has 1 aliphatic heterocycles. The second-order valence-corrected chi connectivity index (χ2v) is 8.02. The number of amides is 1. The molecule has 1 aromatic heterocycles. The number of halogens is 1. The molecule has 0 bridgehead atoms. The molecule has 0 N–H and O–H groups in total. The molecule has 0 fully saturated rings. The van der Waals surface area contributed by atoms with E-state index in [1.165, 1.54) is 6.07 Å². The van der Waals surface area contributed by atoms with Crippen LogP contribution in [0.5, 0.6) is 0 Å². The Morgan fingerprint density at radius 3 is 2.93 bits per heavy atom. The van der Waals surface area contributed by atoms with E-state index in [1.54, 1.807) is 24.0 Å². The summed E-state index contributed by atoms with van der Waals surface area (Å²) in [5.74, 6) is 0.481. The van der Waals surface area contributed by atoms with Crippen molar-refractivity contribution in [1.29, 1.82) is 0 Å². The summed E-state index contributed by atoms with van der Waals surface area (Å²) < 4.78 is 15.7. The molecular formula is C22H22FN3OS. The first-order valence-electron chi connectivity index (χ1n) is 9.31. The van der Waals surface area contributed by atoms with Gasteiger partial charge in [0.2, 0.25) is 0 Å². The minimum atomic E-state index is -0.256. The van der Waals surface area contributed by atoms with Crippen LogP contribution in [0.3, 0.4) is 0 Å². The van der Waals surface area contributed by atoms with Crippen molar-refractivity contribution in [3.05, 3.63) is 82.9 Å². The van der Waals surface area contributed by atoms with Crippen LogP contribution in [-0.4, -0.2) is 26.9 Å². The van der Waals surface area contributed by atoms with Gasteiger partial charge in [-0.3, -0.25) is 4.79 Å². The number of hydrogen-bond donors (Lipinski definition) is 0. The Morgan fingerprint density at radius 2 is 2.14 bits per heavy atom. The van der Waals surface area contributed by atoms with Crippen LogP contribution in [0.15, 0.2) is 60.0 Å². The van der Waals surface area contributed by atoms with Crippen LogP contribution in [0, 0.1) is 5.82 Å². The molecule has 0 saturated carbocycles. The summed E-state index contributed by atoms with van der Waals surface area (Å²) >= 11 is 1.64. The van der Waals surface area contributed by atoms with E-state index in [2.05, 4.69) is 4.98 Å². The van der Waals surface area contributed by atoms with Crippen LogP contribution in [-0.2, 0) is 19.2 Å². The lowest BCUT2D eigenvalue weighted by molar-refractivity contribution is 0.0677. The predicted octanol–water partition coefficient (Wildman–Crippen LogP) is 4.61. The van der Waals surface area contributed by atoms with E-state index in [9.17, 15) is 9.18 Å². The fourth-order valence-corrected chi connectivity index (χ4v) is 4.54. The maximum atomic E-state index is 13.7. The molecule has 2 aromatic carbocycles. The minimum absolute atomic E-state index is 0.00810. The number of nitrogens with zero attached hydrogens (tertiary/aromatic N) is 3. The van der Waals surface area contributed by atoms with Crippen LogP contribution in [0.2, 0.25) is 0 Å². The predicted molar refractivity (Wildman–Crippen MR) is 109 cm³/mol. The van der Waals surface area contributed by atoms with Crippen LogP contribution in [0.4, 0.5) is 4.39 Å². The van der Waals surface area contributed by atoms with Gasteiger partial charge in [0.1, 0.15) is 5.82 Å². The number of aryl methyl sites for hydroxylation is 1. The molecule has 6 heteroatoms. The zero-order valence-corrected chi connectivity index (χ0v) is 16.7. The lowest BCUT2D eigenvalue weighted by atomic mass is 9.93. The van der Waals surface area contributed by atoms with Crippen LogP contribution >= 0.6 is 11.8 Å². The highest BCUT2D eigenvalue weighted by Gasteiger charge is 2.28. The first kappa shape index (κ1) is 18.7. The average Bonchev–Trinajstić information content (AvgIpc) is 3.12. The SMILES string of the molecule is CC1c2cc(F)ccc2CCN1C(=O)c1cccc(CSc2nccn2C)c1. The standard InChI is InChI=1S/C22H22FN3OS/c1-15-20-13-19(23)7-6-17(20)8-10-26(15)21(27)18-5-3-4-16(12-18)14-28-22-24-9-11-25(22)2/h3-7,9,11-13,15H,8,10,14H2,1-2H3. The van der Waals surface area contributed by atoms with Crippen molar-refractivity contribution in [3.8, 4) is 0 Å². The molecule has 0 saturated heterocycles. The third kappa shape index (κ3) is 3.69. The average molecular weight is 396 g/mol. The van der Waals surface area contributed by atoms with Gasteiger partial charge in [0.15, 0.2) is 5.16 Å². The van der Waals surface area contributed by atoms with E-state index in [-0.39, 0.29) is 17.8 Å². The normalized spacial score (nSPS) is 16.1. The first-order chi connectivity index (χ1) is 13.5. The van der Waals surface area contributed by atoms with E-state index in [1.807, 2.05) is 60.0 Å². The fourth-order valence-electron chi connectivity index (χ4n) is 3.66. The molecular weight excluding hydrogens is 373 g/mol. The van der Waals surface area contributed by atoms with Gasteiger partial charge in [-0.25, -0.2) is 9.37 Å². The molecule has 1 unspecified atom stereocenters. The van der Waals surface area contributed by atoms with Gasteiger partial charge in [0, 0.05) is 37.3 Å². The van der Waals surface area contributed by atoms with Crippen molar-refractivity contribution in [2.45, 2.75) is 30.3 Å². The van der Waals surface area contributed by atoms with Crippen molar-refractivity contribution >= 4 is 17.7 Å². The summed E-state index contributed by atoms with van der Waals surface area (Å²) in [5, 5.41) is 0.944. The summed E-state index contributed by atoms with van der Waals surface area (Å²) in [6.45, 7) is 2.61. The first-order valence-corrected chi connectivity index (χ1v) is 10.3. The van der Waals surface area contributed by atoms with Crippen LogP contribution in [0.25, 0.3) is 0 Å². The molecule has 2 heterocycles. The molecule has 4 nitrogen and oxygen atoms in total. The Kier molecular flexibility index (Phi) is 5.22. The summed E-state index contributed by atoms with van der Waals surface area (Å²) in [4.78, 5) is 19.3. The number of thioether (sulfide) groups is 1. The molecule has 0 spiro atoms. The molecule has 4 rings (SSSR count). The second kappa shape index (κ2) is 7.80. The molecule has 0 radical (unpaired) electrons. The second-order valence-electron chi connectivity index (χ2n) is 7.08. The Labute approximate surface area is 168 Å². The molecule has 144 valence electrons. The Balaban J connectivity index is 1.51. The summed E-state index contributed by atoms with van der Waals surface area (Å²) in [7, 11) is 1.97. The van der Waals surface area contributed by atoms with Crippen LogP contribution in [0.1, 0.15) is 40.0 Å². The van der Waals surface area contributed by atoms with Gasteiger partial charge in [0.05, 0.1) is 6.04 Å². The van der Waals surface area contributed by atoms with Gasteiger partial charge in [-0.15, -0.1) is 0 Å². The number of benzene rings is 2. The van der Waals surface area contributed by atoms with Gasteiger partial charge in [-0.1, -0.05) is 30.0 Å². The zero-order valence-electron chi connectivity index (χ0n) is 15.9. The topological polar surface area (TPSA) is 38.1 Å². The van der Waals surface area contributed by atoms with E-state index in [0.717, 1.165) is 34.0 Å². The lowest BCUT2D eigenvalue weighted by Gasteiger charge is -2.35. The number of imidazole rings is 1. The monoisotopic (exact) mass is 395 g/mol. The molecule has 28 heavy (non-hydrogen) atoms. The van der Waals surface area contributed by atoms with Gasteiger partial charge >= 0.3 is 0 Å². The van der Waals surface area contributed by atoms with Crippen molar-refractivity contribution in [3.63, 3.8) is 0 Å². The van der Waals surface area contributed by atoms with Gasteiger partial charge < -0.3 is 9.47 Å². The molecule has 3 aromatic rings. The summed E-state index contributed by atoms with van der Waals surface area (Å²) in [6, 6.07) is 12.5. The summed E-state index contributed by atoms with van der Waals surface area (Å²) in [5.41, 5.74) is 3.78. The number of carbonyl (C=O) groups excluding carboxylic acids is 1. The van der Waals surface area contributed by atoms with Crippen molar-refractivity contribution in [1.82, 2.24) is 14.5 Å². The Hall–Kier alpha value is -2.60. The van der Waals surface area contributed by atoms with Gasteiger partial charge in [0.25, 0.3) is 5.91 Å².